The molecule has 150 valence electrons. The van der Waals surface area contributed by atoms with Gasteiger partial charge in [-0.1, -0.05) is 60.7 Å². The van der Waals surface area contributed by atoms with Crippen LogP contribution in [0.2, 0.25) is 0 Å². The number of nitrogens with zero attached hydrogens (tertiary/aromatic N) is 2. The molecule has 1 fully saturated rings. The van der Waals surface area contributed by atoms with Gasteiger partial charge in [0.15, 0.2) is 5.96 Å². The average molecular weight is 379 g/mol. The maximum Gasteiger partial charge on any atom is 0.191 e. The van der Waals surface area contributed by atoms with E-state index >= 15 is 0 Å². The summed E-state index contributed by atoms with van der Waals surface area (Å²) in [6, 6.07) is 21.6. The molecular formula is C24H34N4. The van der Waals surface area contributed by atoms with Crippen LogP contribution in [0, 0.1) is 5.92 Å². The first-order chi connectivity index (χ1) is 13.7. The normalized spacial score (nSPS) is 18.8. The third-order valence-corrected chi connectivity index (χ3v) is 5.43. The lowest BCUT2D eigenvalue weighted by molar-refractivity contribution is 0.329. The lowest BCUT2D eigenvalue weighted by Crippen LogP contribution is -2.39. The number of rotatable bonds is 8. The molecule has 2 atom stereocenters. The van der Waals surface area contributed by atoms with Gasteiger partial charge in [0.1, 0.15) is 0 Å². The van der Waals surface area contributed by atoms with Gasteiger partial charge < -0.3 is 15.5 Å². The molecule has 0 bridgehead atoms. The minimum atomic E-state index is 0.241. The van der Waals surface area contributed by atoms with Crippen molar-refractivity contribution in [1.29, 1.82) is 0 Å². The molecule has 1 heterocycles. The monoisotopic (exact) mass is 378 g/mol. The number of nitrogens with one attached hydrogen (secondary N) is 2. The lowest BCUT2D eigenvalue weighted by atomic mass is 10.1. The van der Waals surface area contributed by atoms with Gasteiger partial charge in [-0.25, -0.2) is 0 Å². The van der Waals surface area contributed by atoms with Crippen molar-refractivity contribution >= 4 is 5.96 Å². The molecule has 0 aromatic heterocycles. The van der Waals surface area contributed by atoms with E-state index in [1.54, 1.807) is 0 Å². The Bertz CT molecular complexity index is 714. The minimum absolute atomic E-state index is 0.241. The van der Waals surface area contributed by atoms with Crippen LogP contribution in [0.5, 0.6) is 0 Å². The summed E-state index contributed by atoms with van der Waals surface area (Å²) in [4.78, 5) is 7.46. The summed E-state index contributed by atoms with van der Waals surface area (Å²) in [7, 11) is 0. The predicted octanol–water partition coefficient (Wildman–Crippen LogP) is 3.87. The third kappa shape index (κ3) is 6.38. The highest BCUT2D eigenvalue weighted by molar-refractivity contribution is 5.80. The van der Waals surface area contributed by atoms with Crippen LogP contribution in [0.1, 0.15) is 37.4 Å². The van der Waals surface area contributed by atoms with Gasteiger partial charge in [0.2, 0.25) is 0 Å². The molecule has 0 radical (unpaired) electrons. The Morgan fingerprint density at radius 3 is 2.54 bits per heavy atom. The van der Waals surface area contributed by atoms with Gasteiger partial charge in [-0.3, -0.25) is 4.99 Å². The summed E-state index contributed by atoms with van der Waals surface area (Å²) in [5, 5.41) is 6.93. The summed E-state index contributed by atoms with van der Waals surface area (Å²) < 4.78 is 0. The second-order valence-electron chi connectivity index (χ2n) is 7.69. The molecule has 4 heteroatoms. The minimum Gasteiger partial charge on any atom is -0.357 e. The van der Waals surface area contributed by atoms with E-state index in [0.717, 1.165) is 38.6 Å². The van der Waals surface area contributed by atoms with Gasteiger partial charge in [0.25, 0.3) is 0 Å². The van der Waals surface area contributed by atoms with Crippen LogP contribution >= 0.6 is 0 Å². The average Bonchev–Trinajstić information content (AvgIpc) is 3.20. The summed E-state index contributed by atoms with van der Waals surface area (Å²) in [5.41, 5.74) is 2.71. The smallest absolute Gasteiger partial charge is 0.191 e. The van der Waals surface area contributed by atoms with Gasteiger partial charge in [0, 0.05) is 26.2 Å². The maximum atomic E-state index is 4.88. The van der Waals surface area contributed by atoms with Crippen LogP contribution in [0.25, 0.3) is 0 Å². The highest BCUT2D eigenvalue weighted by atomic mass is 15.2. The Morgan fingerprint density at radius 2 is 1.82 bits per heavy atom. The standard InChI is InChI=1S/C24H34N4/c1-3-25-24(27-20(2)23-12-8-5-9-13-23)26-18-22-15-17-28(19-22)16-14-21-10-6-4-7-11-21/h4-13,20,22H,3,14-19H2,1-2H3,(H2,25,26,27). The zero-order valence-corrected chi connectivity index (χ0v) is 17.3. The number of aliphatic imine (C=N–C) groups is 1. The van der Waals surface area contributed by atoms with E-state index in [2.05, 4.69) is 90.0 Å². The highest BCUT2D eigenvalue weighted by Gasteiger charge is 2.22. The van der Waals surface area contributed by atoms with Crippen molar-refractivity contribution in [2.45, 2.75) is 32.7 Å². The maximum absolute atomic E-state index is 4.88. The molecule has 3 rings (SSSR count). The van der Waals surface area contributed by atoms with Crippen LogP contribution in [-0.2, 0) is 6.42 Å². The van der Waals surface area contributed by atoms with E-state index in [1.807, 2.05) is 0 Å². The SMILES string of the molecule is CCNC(=NCC1CCN(CCc2ccccc2)C1)NC(C)c1ccccc1. The number of likely N-dealkylation sites (tertiary alicyclic amines) is 1. The number of benzene rings is 2. The largest absolute Gasteiger partial charge is 0.357 e. The molecule has 0 saturated carbocycles. The first-order valence-corrected chi connectivity index (χ1v) is 10.6. The fourth-order valence-electron chi connectivity index (χ4n) is 3.77. The van der Waals surface area contributed by atoms with Crippen LogP contribution in [-0.4, -0.2) is 43.6 Å². The van der Waals surface area contributed by atoms with Crippen LogP contribution in [0.15, 0.2) is 65.7 Å². The van der Waals surface area contributed by atoms with Crippen molar-refractivity contribution in [3.63, 3.8) is 0 Å². The van der Waals surface area contributed by atoms with Gasteiger partial charge in [0.05, 0.1) is 6.04 Å². The van der Waals surface area contributed by atoms with Crippen molar-refractivity contribution in [3.8, 4) is 0 Å². The Kier molecular flexibility index (Phi) is 7.92. The molecule has 2 unspecified atom stereocenters. The Balaban J connectivity index is 1.46. The Morgan fingerprint density at radius 1 is 1.11 bits per heavy atom. The fraction of sp³-hybridized carbons (Fsp3) is 0.458. The van der Waals surface area contributed by atoms with E-state index in [4.69, 9.17) is 4.99 Å². The fourth-order valence-corrected chi connectivity index (χ4v) is 3.77. The molecule has 0 aliphatic carbocycles. The first kappa shape index (κ1) is 20.4. The summed E-state index contributed by atoms with van der Waals surface area (Å²) in [5.74, 6) is 1.57. The molecule has 2 aromatic carbocycles. The lowest BCUT2D eigenvalue weighted by Gasteiger charge is -2.19. The molecule has 1 aliphatic rings. The van der Waals surface area contributed by atoms with Crippen LogP contribution < -0.4 is 10.6 Å². The Hall–Kier alpha value is -2.33. The van der Waals surface area contributed by atoms with Crippen molar-refractivity contribution in [2.75, 3.05) is 32.7 Å². The van der Waals surface area contributed by atoms with Gasteiger partial charge in [-0.2, -0.15) is 0 Å². The zero-order valence-electron chi connectivity index (χ0n) is 17.3. The highest BCUT2D eigenvalue weighted by Crippen LogP contribution is 2.17. The van der Waals surface area contributed by atoms with Crippen LogP contribution in [0.3, 0.4) is 0 Å². The predicted molar refractivity (Wildman–Crippen MR) is 119 cm³/mol. The quantitative estimate of drug-likeness (QED) is 0.541. The van der Waals surface area contributed by atoms with Gasteiger partial charge >= 0.3 is 0 Å². The Labute approximate surface area is 170 Å². The van der Waals surface area contributed by atoms with E-state index < -0.39 is 0 Å². The van der Waals surface area contributed by atoms with Crippen molar-refractivity contribution in [2.24, 2.45) is 10.9 Å². The zero-order chi connectivity index (χ0) is 19.6. The van der Waals surface area contributed by atoms with Crippen molar-refractivity contribution in [3.05, 3.63) is 71.8 Å². The van der Waals surface area contributed by atoms with E-state index in [-0.39, 0.29) is 6.04 Å². The number of hydrogen-bond donors (Lipinski definition) is 2. The molecule has 2 aromatic rings. The molecule has 2 N–H and O–H groups in total. The first-order valence-electron chi connectivity index (χ1n) is 10.6. The van der Waals surface area contributed by atoms with E-state index in [0.29, 0.717) is 5.92 Å². The molecule has 1 saturated heterocycles. The summed E-state index contributed by atoms with van der Waals surface area (Å²) in [6.07, 6.45) is 2.38. The number of hydrogen-bond acceptors (Lipinski definition) is 2. The third-order valence-electron chi connectivity index (χ3n) is 5.43. The molecule has 0 amide bonds. The molecule has 0 spiro atoms. The molecule has 1 aliphatic heterocycles. The van der Waals surface area contributed by atoms with E-state index in [1.165, 1.54) is 24.1 Å². The summed E-state index contributed by atoms with van der Waals surface area (Å²) >= 11 is 0. The summed E-state index contributed by atoms with van der Waals surface area (Å²) in [6.45, 7) is 9.56. The molecule has 4 nitrogen and oxygen atoms in total. The van der Waals surface area contributed by atoms with Crippen LogP contribution in [0.4, 0.5) is 0 Å². The van der Waals surface area contributed by atoms with Gasteiger partial charge in [-0.15, -0.1) is 0 Å². The second-order valence-corrected chi connectivity index (χ2v) is 7.69. The topological polar surface area (TPSA) is 39.7 Å². The molecular weight excluding hydrogens is 344 g/mol. The van der Waals surface area contributed by atoms with E-state index in [9.17, 15) is 0 Å². The van der Waals surface area contributed by atoms with Gasteiger partial charge in [-0.05, 0) is 50.3 Å². The number of guanidine groups is 1. The van der Waals surface area contributed by atoms with Crippen molar-refractivity contribution in [1.82, 2.24) is 15.5 Å². The van der Waals surface area contributed by atoms with Crippen molar-refractivity contribution < 1.29 is 0 Å². The molecule has 28 heavy (non-hydrogen) atoms. The second kappa shape index (κ2) is 10.9.